The SMILES string of the molecule is CCNC(=NCc1ccc2c(c1)CCCN2C)NCc1ccccn1.I. The third kappa shape index (κ3) is 5.59. The Kier molecular flexibility index (Phi) is 8.15. The van der Waals surface area contributed by atoms with E-state index < -0.39 is 0 Å². The molecule has 5 nitrogen and oxygen atoms in total. The molecule has 0 atom stereocenters. The number of pyridine rings is 1. The van der Waals surface area contributed by atoms with Crippen LogP contribution >= 0.6 is 24.0 Å². The third-order valence-corrected chi connectivity index (χ3v) is 4.42. The van der Waals surface area contributed by atoms with Crippen molar-refractivity contribution in [3.05, 3.63) is 59.4 Å². The van der Waals surface area contributed by atoms with E-state index >= 15 is 0 Å². The highest BCUT2D eigenvalue weighted by atomic mass is 127. The molecule has 0 unspecified atom stereocenters. The van der Waals surface area contributed by atoms with E-state index in [4.69, 9.17) is 4.99 Å². The molecule has 26 heavy (non-hydrogen) atoms. The molecule has 1 aromatic heterocycles. The monoisotopic (exact) mass is 465 g/mol. The number of rotatable bonds is 5. The second-order valence-corrected chi connectivity index (χ2v) is 6.36. The van der Waals surface area contributed by atoms with Gasteiger partial charge in [0, 0.05) is 32.0 Å². The summed E-state index contributed by atoms with van der Waals surface area (Å²) in [6, 6.07) is 12.7. The summed E-state index contributed by atoms with van der Waals surface area (Å²) in [6.07, 6.45) is 4.20. The minimum absolute atomic E-state index is 0. The van der Waals surface area contributed by atoms with Crippen molar-refractivity contribution >= 4 is 35.6 Å². The zero-order valence-electron chi connectivity index (χ0n) is 15.5. The summed E-state index contributed by atoms with van der Waals surface area (Å²) in [5.41, 5.74) is 5.06. The second kappa shape index (κ2) is 10.4. The lowest BCUT2D eigenvalue weighted by Gasteiger charge is -2.27. The van der Waals surface area contributed by atoms with Gasteiger partial charge in [-0.15, -0.1) is 24.0 Å². The number of aliphatic imine (C=N–C) groups is 1. The molecule has 6 heteroatoms. The Labute approximate surface area is 173 Å². The van der Waals surface area contributed by atoms with Crippen LogP contribution in [0.1, 0.15) is 30.2 Å². The zero-order chi connectivity index (χ0) is 17.5. The lowest BCUT2D eigenvalue weighted by atomic mass is 10.00. The van der Waals surface area contributed by atoms with Gasteiger partial charge in [0.15, 0.2) is 5.96 Å². The lowest BCUT2D eigenvalue weighted by molar-refractivity contribution is 0.742. The van der Waals surface area contributed by atoms with E-state index in [0.717, 1.165) is 31.2 Å². The first-order chi connectivity index (χ1) is 12.3. The largest absolute Gasteiger partial charge is 0.374 e. The summed E-state index contributed by atoms with van der Waals surface area (Å²) in [5, 5.41) is 6.64. The van der Waals surface area contributed by atoms with Gasteiger partial charge in [0.2, 0.25) is 0 Å². The summed E-state index contributed by atoms with van der Waals surface area (Å²) >= 11 is 0. The number of hydrogen-bond donors (Lipinski definition) is 2. The smallest absolute Gasteiger partial charge is 0.191 e. The zero-order valence-corrected chi connectivity index (χ0v) is 17.9. The maximum Gasteiger partial charge on any atom is 0.191 e. The van der Waals surface area contributed by atoms with E-state index in [1.54, 1.807) is 0 Å². The fourth-order valence-electron chi connectivity index (χ4n) is 3.13. The standard InChI is InChI=1S/C20H27N5.HI/c1-3-21-20(24-15-18-8-4-5-11-22-18)23-14-16-9-10-19-17(13-16)7-6-12-25(19)2;/h4-5,8-11,13H,3,6-7,12,14-15H2,1-2H3,(H2,21,23,24);1H. The quantitative estimate of drug-likeness (QED) is 0.404. The molecule has 140 valence electrons. The highest BCUT2D eigenvalue weighted by Crippen LogP contribution is 2.26. The van der Waals surface area contributed by atoms with Gasteiger partial charge in [0.05, 0.1) is 18.8 Å². The Hall–Kier alpha value is -1.83. The number of aryl methyl sites for hydroxylation is 1. The van der Waals surface area contributed by atoms with Gasteiger partial charge in [-0.3, -0.25) is 4.98 Å². The molecule has 0 radical (unpaired) electrons. The fourth-order valence-corrected chi connectivity index (χ4v) is 3.13. The number of fused-ring (bicyclic) bond motifs is 1. The van der Waals surface area contributed by atoms with Crippen molar-refractivity contribution in [3.63, 3.8) is 0 Å². The second-order valence-electron chi connectivity index (χ2n) is 6.36. The topological polar surface area (TPSA) is 52.6 Å². The van der Waals surface area contributed by atoms with Crippen molar-refractivity contribution in [1.29, 1.82) is 0 Å². The van der Waals surface area contributed by atoms with Gasteiger partial charge in [-0.1, -0.05) is 18.2 Å². The summed E-state index contributed by atoms with van der Waals surface area (Å²) in [6.45, 7) is 5.40. The van der Waals surface area contributed by atoms with Crippen LogP contribution in [-0.2, 0) is 19.5 Å². The van der Waals surface area contributed by atoms with Crippen molar-refractivity contribution in [3.8, 4) is 0 Å². The number of aromatic nitrogens is 1. The first-order valence-electron chi connectivity index (χ1n) is 9.01. The molecule has 0 saturated carbocycles. The van der Waals surface area contributed by atoms with Gasteiger partial charge >= 0.3 is 0 Å². The molecule has 3 rings (SSSR count). The van der Waals surface area contributed by atoms with Crippen LogP contribution < -0.4 is 15.5 Å². The normalized spacial score (nSPS) is 13.6. The molecule has 2 N–H and O–H groups in total. The summed E-state index contributed by atoms with van der Waals surface area (Å²) in [5.74, 6) is 0.822. The average molecular weight is 465 g/mol. The van der Waals surface area contributed by atoms with Crippen LogP contribution in [0.2, 0.25) is 0 Å². The van der Waals surface area contributed by atoms with Crippen molar-refractivity contribution < 1.29 is 0 Å². The Morgan fingerprint density at radius 3 is 2.88 bits per heavy atom. The Morgan fingerprint density at radius 2 is 2.12 bits per heavy atom. The van der Waals surface area contributed by atoms with Gasteiger partial charge < -0.3 is 15.5 Å². The van der Waals surface area contributed by atoms with Crippen LogP contribution in [0.4, 0.5) is 5.69 Å². The van der Waals surface area contributed by atoms with Gasteiger partial charge in [-0.25, -0.2) is 4.99 Å². The van der Waals surface area contributed by atoms with E-state index in [-0.39, 0.29) is 24.0 Å². The Morgan fingerprint density at radius 1 is 1.23 bits per heavy atom. The average Bonchev–Trinajstić information content (AvgIpc) is 2.65. The molecule has 0 fully saturated rings. The van der Waals surface area contributed by atoms with E-state index in [1.807, 2.05) is 24.4 Å². The number of anilines is 1. The van der Waals surface area contributed by atoms with Crippen LogP contribution in [0.15, 0.2) is 47.6 Å². The number of guanidine groups is 1. The minimum Gasteiger partial charge on any atom is -0.374 e. The third-order valence-electron chi connectivity index (χ3n) is 4.42. The minimum atomic E-state index is 0. The number of nitrogens with zero attached hydrogens (tertiary/aromatic N) is 3. The number of nitrogens with one attached hydrogen (secondary N) is 2. The van der Waals surface area contributed by atoms with E-state index in [9.17, 15) is 0 Å². The first kappa shape index (κ1) is 20.5. The molecular formula is C20H28IN5. The van der Waals surface area contributed by atoms with E-state index in [0.29, 0.717) is 13.1 Å². The molecule has 1 aromatic carbocycles. The molecular weight excluding hydrogens is 437 g/mol. The van der Waals surface area contributed by atoms with Crippen LogP contribution in [-0.4, -0.2) is 31.1 Å². The lowest BCUT2D eigenvalue weighted by Crippen LogP contribution is -2.37. The van der Waals surface area contributed by atoms with Crippen molar-refractivity contribution in [2.24, 2.45) is 4.99 Å². The molecule has 0 spiro atoms. The number of benzene rings is 1. The summed E-state index contributed by atoms with van der Waals surface area (Å²) in [7, 11) is 2.17. The maximum atomic E-state index is 4.72. The fraction of sp³-hybridized carbons (Fsp3) is 0.400. The van der Waals surface area contributed by atoms with Crippen molar-refractivity contribution in [2.75, 3.05) is 25.0 Å². The molecule has 1 aliphatic rings. The van der Waals surface area contributed by atoms with Crippen molar-refractivity contribution in [2.45, 2.75) is 32.9 Å². The van der Waals surface area contributed by atoms with E-state index in [2.05, 4.69) is 52.7 Å². The van der Waals surface area contributed by atoms with Gasteiger partial charge in [-0.05, 0) is 49.1 Å². The highest BCUT2D eigenvalue weighted by molar-refractivity contribution is 14.0. The molecule has 0 bridgehead atoms. The van der Waals surface area contributed by atoms with Crippen LogP contribution in [0.5, 0.6) is 0 Å². The summed E-state index contributed by atoms with van der Waals surface area (Å²) in [4.78, 5) is 11.4. The van der Waals surface area contributed by atoms with Crippen LogP contribution in [0, 0.1) is 0 Å². The summed E-state index contributed by atoms with van der Waals surface area (Å²) < 4.78 is 0. The van der Waals surface area contributed by atoms with Crippen LogP contribution in [0.3, 0.4) is 0 Å². The number of halogens is 1. The molecule has 2 aromatic rings. The molecule has 0 aliphatic carbocycles. The van der Waals surface area contributed by atoms with E-state index in [1.165, 1.54) is 23.2 Å². The van der Waals surface area contributed by atoms with Gasteiger partial charge in [0.25, 0.3) is 0 Å². The molecule has 0 amide bonds. The predicted molar refractivity (Wildman–Crippen MR) is 119 cm³/mol. The first-order valence-corrected chi connectivity index (χ1v) is 9.01. The van der Waals surface area contributed by atoms with Crippen molar-refractivity contribution in [1.82, 2.24) is 15.6 Å². The van der Waals surface area contributed by atoms with Crippen LogP contribution in [0.25, 0.3) is 0 Å². The Bertz CT molecular complexity index is 717. The molecule has 2 heterocycles. The molecule has 0 saturated heterocycles. The molecule has 1 aliphatic heterocycles. The maximum absolute atomic E-state index is 4.72. The predicted octanol–water partition coefficient (Wildman–Crippen LogP) is 3.34. The Balaban J connectivity index is 0.00000243. The number of hydrogen-bond acceptors (Lipinski definition) is 3. The van der Waals surface area contributed by atoms with Gasteiger partial charge in [-0.2, -0.15) is 0 Å². The van der Waals surface area contributed by atoms with Gasteiger partial charge in [0.1, 0.15) is 0 Å². The highest BCUT2D eigenvalue weighted by Gasteiger charge is 2.13.